The minimum Gasteiger partial charge on any atom is -0.382 e. The number of ether oxygens (including phenoxy) is 2. The van der Waals surface area contributed by atoms with Gasteiger partial charge in [0.05, 0.1) is 37.0 Å². The fourth-order valence-corrected chi connectivity index (χ4v) is 6.68. The van der Waals surface area contributed by atoms with Crippen LogP contribution in [0.4, 0.5) is 5.82 Å². The number of hydrogen-bond donors (Lipinski definition) is 2. The monoisotopic (exact) mass is 577 g/mol. The molecule has 1 aliphatic carbocycles. The number of aromatic nitrogens is 8. The second kappa shape index (κ2) is 10.7. The summed E-state index contributed by atoms with van der Waals surface area (Å²) in [5.74, 6) is 0.508. The third-order valence-electron chi connectivity index (χ3n) is 7.64. The maximum atomic E-state index is 13.1. The van der Waals surface area contributed by atoms with Crippen molar-refractivity contribution in [3.63, 3.8) is 0 Å². The Hall–Kier alpha value is -4.14. The van der Waals surface area contributed by atoms with Crippen LogP contribution in [0.1, 0.15) is 43.1 Å². The maximum Gasteiger partial charge on any atom is 0.180 e. The second-order valence-electron chi connectivity index (χ2n) is 10.2. The predicted molar refractivity (Wildman–Crippen MR) is 150 cm³/mol. The standard InChI is InChI=1S/C27H31N9O4S/c1-39-12-13-40-27(26-29-17-30-34-26)10-8-18(9-11-27)22-23(41(2,37)38)24(28)36-25(33-22)21(15-32-36)19-14-31-35(16-19)20-6-4-3-5-7-20/h3-7,14-18H,8-13,28H2,1-2H3,(H,29,30,34). The van der Waals surface area contributed by atoms with Gasteiger partial charge in [0, 0.05) is 36.6 Å². The molecule has 6 rings (SSSR count). The average Bonchev–Trinajstić information content (AvgIpc) is 3.75. The van der Waals surface area contributed by atoms with Crippen LogP contribution in [0.25, 0.3) is 22.5 Å². The number of sulfone groups is 1. The molecule has 14 heteroatoms. The number of anilines is 1. The molecule has 41 heavy (non-hydrogen) atoms. The summed E-state index contributed by atoms with van der Waals surface area (Å²) in [6.07, 6.45) is 10.3. The summed E-state index contributed by atoms with van der Waals surface area (Å²) >= 11 is 0. The molecule has 4 aromatic heterocycles. The summed E-state index contributed by atoms with van der Waals surface area (Å²) in [5, 5.41) is 17.1. The van der Waals surface area contributed by atoms with E-state index in [1.807, 2.05) is 36.5 Å². The molecule has 1 aromatic carbocycles. The number of nitrogen functional groups attached to an aromatic ring is 1. The van der Waals surface area contributed by atoms with Crippen LogP contribution < -0.4 is 5.73 Å². The van der Waals surface area contributed by atoms with Crippen LogP contribution in [0.3, 0.4) is 0 Å². The summed E-state index contributed by atoms with van der Waals surface area (Å²) in [4.78, 5) is 8.04. The van der Waals surface area contributed by atoms with Gasteiger partial charge in [0.25, 0.3) is 0 Å². The van der Waals surface area contributed by atoms with Crippen molar-refractivity contribution in [3.8, 4) is 16.8 Å². The van der Waals surface area contributed by atoms with Gasteiger partial charge >= 0.3 is 0 Å². The molecular formula is C27H31N9O4S. The first kappa shape index (κ1) is 27.1. The first-order valence-electron chi connectivity index (χ1n) is 13.3. The number of nitrogens with one attached hydrogen (secondary N) is 1. The van der Waals surface area contributed by atoms with Gasteiger partial charge in [-0.2, -0.15) is 14.7 Å². The van der Waals surface area contributed by atoms with Gasteiger partial charge in [-0.1, -0.05) is 18.2 Å². The van der Waals surface area contributed by atoms with Crippen molar-refractivity contribution in [2.75, 3.05) is 32.3 Å². The Morgan fingerprint density at radius 1 is 1.12 bits per heavy atom. The molecule has 0 atom stereocenters. The number of aromatic amines is 1. The van der Waals surface area contributed by atoms with Crippen LogP contribution in [0.5, 0.6) is 0 Å². The molecule has 0 spiro atoms. The summed E-state index contributed by atoms with van der Waals surface area (Å²) in [5.41, 5.74) is 9.14. The molecule has 13 nitrogen and oxygen atoms in total. The molecule has 214 valence electrons. The third kappa shape index (κ3) is 4.98. The number of hydrogen-bond acceptors (Lipinski definition) is 10. The number of H-pyrrole nitrogens is 1. The normalized spacial score (nSPS) is 19.6. The minimum atomic E-state index is -3.72. The fourth-order valence-electron chi connectivity index (χ4n) is 5.62. The molecule has 3 N–H and O–H groups in total. The average molecular weight is 578 g/mol. The predicted octanol–water partition coefficient (Wildman–Crippen LogP) is 2.90. The van der Waals surface area contributed by atoms with E-state index >= 15 is 0 Å². The minimum absolute atomic E-state index is 0.0112. The number of rotatable bonds is 9. The molecule has 1 saturated carbocycles. The molecule has 0 aliphatic heterocycles. The van der Waals surface area contributed by atoms with E-state index in [1.54, 1.807) is 24.2 Å². The molecule has 1 fully saturated rings. The van der Waals surface area contributed by atoms with Crippen molar-refractivity contribution in [1.82, 2.24) is 39.6 Å². The number of benzene rings is 1. The molecule has 0 radical (unpaired) electrons. The van der Waals surface area contributed by atoms with Crippen LogP contribution >= 0.6 is 0 Å². The van der Waals surface area contributed by atoms with Gasteiger partial charge in [0.1, 0.15) is 22.6 Å². The van der Waals surface area contributed by atoms with Gasteiger partial charge in [-0.05, 0) is 37.8 Å². The van der Waals surface area contributed by atoms with E-state index < -0.39 is 15.4 Å². The Bertz CT molecular complexity index is 1760. The lowest BCUT2D eigenvalue weighted by Crippen LogP contribution is -2.37. The van der Waals surface area contributed by atoms with Gasteiger partial charge in [0.2, 0.25) is 0 Å². The lowest BCUT2D eigenvalue weighted by Gasteiger charge is -2.38. The third-order valence-corrected chi connectivity index (χ3v) is 8.80. The SMILES string of the molecule is COCCOC1(c2nnc[nH]2)CCC(c2nc3c(-c4cnn(-c5ccccc5)c4)cnn3c(N)c2S(C)(=O)=O)CC1. The molecule has 5 aromatic rings. The molecular weight excluding hydrogens is 546 g/mol. The maximum absolute atomic E-state index is 13.1. The van der Waals surface area contributed by atoms with E-state index in [9.17, 15) is 8.42 Å². The topological polar surface area (TPSA) is 168 Å². The zero-order valence-corrected chi connectivity index (χ0v) is 23.6. The fraction of sp³-hybridized carbons (Fsp3) is 0.370. The number of nitrogens with zero attached hydrogens (tertiary/aromatic N) is 7. The lowest BCUT2D eigenvalue weighted by atomic mass is 9.76. The van der Waals surface area contributed by atoms with E-state index in [4.69, 9.17) is 20.2 Å². The first-order chi connectivity index (χ1) is 19.8. The highest BCUT2D eigenvalue weighted by atomic mass is 32.2. The van der Waals surface area contributed by atoms with Crippen molar-refractivity contribution in [1.29, 1.82) is 0 Å². The van der Waals surface area contributed by atoms with Crippen molar-refractivity contribution in [2.45, 2.75) is 42.1 Å². The highest BCUT2D eigenvalue weighted by molar-refractivity contribution is 7.91. The Labute approximate surface area is 236 Å². The van der Waals surface area contributed by atoms with Crippen molar-refractivity contribution in [2.24, 2.45) is 0 Å². The number of para-hydroxylation sites is 1. The number of methoxy groups -OCH3 is 1. The molecule has 0 unspecified atom stereocenters. The Morgan fingerprint density at radius 3 is 2.59 bits per heavy atom. The molecule has 4 heterocycles. The highest BCUT2D eigenvalue weighted by Gasteiger charge is 2.42. The summed E-state index contributed by atoms with van der Waals surface area (Å²) in [7, 11) is -2.10. The first-order valence-corrected chi connectivity index (χ1v) is 15.2. The van der Waals surface area contributed by atoms with Gasteiger partial charge in [0.15, 0.2) is 21.3 Å². The zero-order valence-electron chi connectivity index (χ0n) is 22.8. The summed E-state index contributed by atoms with van der Waals surface area (Å²) in [6.45, 7) is 0.834. The summed E-state index contributed by atoms with van der Waals surface area (Å²) in [6, 6.07) is 9.74. The van der Waals surface area contributed by atoms with Gasteiger partial charge in [-0.3, -0.25) is 0 Å². The van der Waals surface area contributed by atoms with E-state index in [-0.39, 0.29) is 16.6 Å². The molecule has 1 aliphatic rings. The lowest BCUT2D eigenvalue weighted by molar-refractivity contribution is -0.0977. The van der Waals surface area contributed by atoms with E-state index in [0.717, 1.165) is 17.5 Å². The Morgan fingerprint density at radius 2 is 1.90 bits per heavy atom. The smallest absolute Gasteiger partial charge is 0.180 e. The molecule has 0 saturated heterocycles. The second-order valence-corrected chi connectivity index (χ2v) is 12.2. The van der Waals surface area contributed by atoms with Gasteiger partial charge in [-0.15, -0.1) is 10.2 Å². The molecule has 0 bridgehead atoms. The van der Waals surface area contributed by atoms with E-state index in [1.165, 1.54) is 10.8 Å². The van der Waals surface area contributed by atoms with Crippen LogP contribution in [0.15, 0.2) is 60.1 Å². The van der Waals surface area contributed by atoms with Gasteiger partial charge < -0.3 is 20.2 Å². The zero-order chi connectivity index (χ0) is 28.6. The van der Waals surface area contributed by atoms with Crippen molar-refractivity contribution < 1.29 is 17.9 Å². The number of nitrogens with two attached hydrogens (primary N) is 1. The van der Waals surface area contributed by atoms with Crippen LogP contribution in [0, 0.1) is 0 Å². The Balaban J connectivity index is 1.39. The van der Waals surface area contributed by atoms with E-state index in [0.29, 0.717) is 61.6 Å². The van der Waals surface area contributed by atoms with Gasteiger partial charge in [-0.25, -0.2) is 18.1 Å². The van der Waals surface area contributed by atoms with E-state index in [2.05, 4.69) is 25.4 Å². The van der Waals surface area contributed by atoms with Crippen LogP contribution in [0.2, 0.25) is 0 Å². The van der Waals surface area contributed by atoms with Crippen molar-refractivity contribution in [3.05, 3.63) is 66.8 Å². The Kier molecular flexibility index (Phi) is 7.05. The number of fused-ring (bicyclic) bond motifs is 1. The van der Waals surface area contributed by atoms with Crippen LogP contribution in [-0.2, 0) is 24.9 Å². The van der Waals surface area contributed by atoms with Crippen molar-refractivity contribution >= 4 is 21.3 Å². The van der Waals surface area contributed by atoms with Crippen LogP contribution in [-0.4, -0.2) is 74.6 Å². The summed E-state index contributed by atoms with van der Waals surface area (Å²) < 4.78 is 40.7. The quantitative estimate of drug-likeness (QED) is 0.249. The highest BCUT2D eigenvalue weighted by Crippen LogP contribution is 2.46. The molecule has 0 amide bonds. The largest absolute Gasteiger partial charge is 0.382 e.